The van der Waals surface area contributed by atoms with E-state index in [1.54, 1.807) is 7.11 Å². The van der Waals surface area contributed by atoms with Crippen molar-refractivity contribution in [2.45, 2.75) is 32.9 Å². The van der Waals surface area contributed by atoms with Crippen LogP contribution in [0.15, 0.2) is 6.20 Å². The Morgan fingerprint density at radius 1 is 1.53 bits per heavy atom. The summed E-state index contributed by atoms with van der Waals surface area (Å²) in [6.07, 6.45) is -0.183. The second-order valence-electron chi connectivity index (χ2n) is 3.75. The highest BCUT2D eigenvalue weighted by molar-refractivity contribution is 5.18. The van der Waals surface area contributed by atoms with E-state index in [1.165, 1.54) is 10.9 Å². The number of ether oxygens (including phenoxy) is 1. The number of aryl methyl sites for hydroxylation is 1. The van der Waals surface area contributed by atoms with E-state index in [4.69, 9.17) is 4.74 Å². The quantitative estimate of drug-likeness (QED) is 0.714. The van der Waals surface area contributed by atoms with E-state index >= 15 is 0 Å². The SMILES string of the molecule is CCCn1ncc(CNCCOC)c1C(F)F. The van der Waals surface area contributed by atoms with Crippen molar-refractivity contribution >= 4 is 0 Å². The maximum Gasteiger partial charge on any atom is 0.280 e. The van der Waals surface area contributed by atoms with E-state index < -0.39 is 6.43 Å². The average Bonchev–Trinajstić information content (AvgIpc) is 2.68. The van der Waals surface area contributed by atoms with Crippen molar-refractivity contribution in [3.05, 3.63) is 17.5 Å². The molecule has 1 heterocycles. The van der Waals surface area contributed by atoms with Gasteiger partial charge in [0.15, 0.2) is 0 Å². The Morgan fingerprint density at radius 2 is 2.29 bits per heavy atom. The first-order valence-electron chi connectivity index (χ1n) is 5.73. The van der Waals surface area contributed by atoms with Crippen molar-refractivity contribution in [3.63, 3.8) is 0 Å². The van der Waals surface area contributed by atoms with Crippen LogP contribution in [0.3, 0.4) is 0 Å². The Balaban J connectivity index is 2.64. The zero-order chi connectivity index (χ0) is 12.7. The lowest BCUT2D eigenvalue weighted by molar-refractivity contribution is 0.137. The van der Waals surface area contributed by atoms with Crippen LogP contribution in [0, 0.1) is 0 Å². The lowest BCUT2D eigenvalue weighted by Gasteiger charge is -2.08. The molecular formula is C11H19F2N3O. The number of nitrogens with zero attached hydrogens (tertiary/aromatic N) is 2. The highest BCUT2D eigenvalue weighted by Gasteiger charge is 2.18. The predicted octanol–water partition coefficient (Wildman–Crippen LogP) is 1.97. The summed E-state index contributed by atoms with van der Waals surface area (Å²) >= 11 is 0. The van der Waals surface area contributed by atoms with Crippen LogP contribution in [0.1, 0.15) is 31.0 Å². The molecule has 98 valence electrons. The van der Waals surface area contributed by atoms with Gasteiger partial charge in [-0.05, 0) is 6.42 Å². The zero-order valence-corrected chi connectivity index (χ0v) is 10.2. The van der Waals surface area contributed by atoms with Crippen LogP contribution >= 0.6 is 0 Å². The second-order valence-corrected chi connectivity index (χ2v) is 3.75. The van der Waals surface area contributed by atoms with E-state index in [1.807, 2.05) is 6.92 Å². The van der Waals surface area contributed by atoms with Crippen LogP contribution in [-0.4, -0.2) is 30.0 Å². The minimum Gasteiger partial charge on any atom is -0.383 e. The number of hydrogen-bond acceptors (Lipinski definition) is 3. The van der Waals surface area contributed by atoms with Gasteiger partial charge in [0.1, 0.15) is 5.69 Å². The largest absolute Gasteiger partial charge is 0.383 e. The normalized spacial score (nSPS) is 11.4. The molecule has 0 amide bonds. The monoisotopic (exact) mass is 247 g/mol. The Kier molecular flexibility index (Phi) is 6.07. The topological polar surface area (TPSA) is 39.1 Å². The van der Waals surface area contributed by atoms with Crippen molar-refractivity contribution in [2.24, 2.45) is 0 Å². The third kappa shape index (κ3) is 4.05. The molecule has 0 bridgehead atoms. The van der Waals surface area contributed by atoms with Crippen LogP contribution in [0.25, 0.3) is 0 Å². The molecule has 1 aromatic heterocycles. The number of nitrogens with one attached hydrogen (secondary N) is 1. The lowest BCUT2D eigenvalue weighted by atomic mass is 10.2. The van der Waals surface area contributed by atoms with E-state index in [0.717, 1.165) is 6.42 Å². The second kappa shape index (κ2) is 7.34. The van der Waals surface area contributed by atoms with Crippen molar-refractivity contribution < 1.29 is 13.5 Å². The number of halogens is 2. The van der Waals surface area contributed by atoms with Gasteiger partial charge in [-0.3, -0.25) is 4.68 Å². The lowest BCUT2D eigenvalue weighted by Crippen LogP contribution is -2.19. The van der Waals surface area contributed by atoms with Gasteiger partial charge in [-0.2, -0.15) is 5.10 Å². The Hall–Kier alpha value is -1.01. The van der Waals surface area contributed by atoms with Crippen LogP contribution in [0.4, 0.5) is 8.78 Å². The number of hydrogen-bond donors (Lipinski definition) is 1. The number of rotatable bonds is 8. The summed E-state index contributed by atoms with van der Waals surface area (Å²) in [5.41, 5.74) is 0.585. The van der Waals surface area contributed by atoms with Gasteiger partial charge < -0.3 is 10.1 Å². The predicted molar refractivity (Wildman–Crippen MR) is 61.1 cm³/mol. The smallest absolute Gasteiger partial charge is 0.280 e. The Bertz CT molecular complexity index is 329. The van der Waals surface area contributed by atoms with Crippen LogP contribution in [-0.2, 0) is 17.8 Å². The molecule has 0 saturated heterocycles. The summed E-state index contributed by atoms with van der Waals surface area (Å²) in [6, 6.07) is 0. The molecule has 0 saturated carbocycles. The zero-order valence-electron chi connectivity index (χ0n) is 10.2. The fourth-order valence-electron chi connectivity index (χ4n) is 1.61. The summed E-state index contributed by atoms with van der Waals surface area (Å²) in [5.74, 6) is 0. The number of aromatic nitrogens is 2. The Labute approximate surface area is 100.0 Å². The number of methoxy groups -OCH3 is 1. The summed E-state index contributed by atoms with van der Waals surface area (Å²) in [6.45, 7) is 4.06. The van der Waals surface area contributed by atoms with Crippen molar-refractivity contribution in [2.75, 3.05) is 20.3 Å². The first-order valence-corrected chi connectivity index (χ1v) is 5.73. The van der Waals surface area contributed by atoms with Gasteiger partial charge in [0.2, 0.25) is 0 Å². The molecule has 0 aliphatic carbocycles. The third-order valence-electron chi connectivity index (χ3n) is 2.40. The Morgan fingerprint density at radius 3 is 2.88 bits per heavy atom. The van der Waals surface area contributed by atoms with Gasteiger partial charge in [0.25, 0.3) is 6.43 Å². The molecular weight excluding hydrogens is 228 g/mol. The van der Waals surface area contributed by atoms with Crippen LogP contribution in [0.2, 0.25) is 0 Å². The van der Waals surface area contributed by atoms with Gasteiger partial charge in [-0.25, -0.2) is 8.78 Å². The number of alkyl halides is 2. The van der Waals surface area contributed by atoms with Crippen molar-refractivity contribution in [1.82, 2.24) is 15.1 Å². The van der Waals surface area contributed by atoms with Gasteiger partial charge in [-0.15, -0.1) is 0 Å². The standard InChI is InChI=1S/C11H19F2N3O/c1-3-5-16-10(11(12)13)9(8-15-16)7-14-4-6-17-2/h8,11,14H,3-7H2,1-2H3. The summed E-state index contributed by atoms with van der Waals surface area (Å²) < 4.78 is 32.1. The molecule has 1 rings (SSSR count). The first-order chi connectivity index (χ1) is 8.20. The maximum atomic E-state index is 12.9. The van der Waals surface area contributed by atoms with Gasteiger partial charge in [0, 0.05) is 32.3 Å². The van der Waals surface area contributed by atoms with Crippen LogP contribution < -0.4 is 5.32 Å². The van der Waals surface area contributed by atoms with Gasteiger partial charge in [-0.1, -0.05) is 6.92 Å². The minimum absolute atomic E-state index is 0.0248. The minimum atomic E-state index is -2.48. The van der Waals surface area contributed by atoms with Gasteiger partial charge >= 0.3 is 0 Å². The molecule has 4 nitrogen and oxygen atoms in total. The summed E-state index contributed by atoms with van der Waals surface area (Å²) in [7, 11) is 1.60. The molecule has 6 heteroatoms. The average molecular weight is 247 g/mol. The molecule has 0 spiro atoms. The van der Waals surface area contributed by atoms with Crippen molar-refractivity contribution in [1.29, 1.82) is 0 Å². The molecule has 1 N–H and O–H groups in total. The van der Waals surface area contributed by atoms with Gasteiger partial charge in [0.05, 0.1) is 12.8 Å². The van der Waals surface area contributed by atoms with E-state index in [-0.39, 0.29) is 5.69 Å². The molecule has 1 aromatic rings. The highest BCUT2D eigenvalue weighted by atomic mass is 19.3. The molecule has 0 atom stereocenters. The van der Waals surface area contributed by atoms with E-state index in [2.05, 4.69) is 10.4 Å². The summed E-state index contributed by atoms with van der Waals surface area (Å²) in [5, 5.41) is 7.03. The van der Waals surface area contributed by atoms with E-state index in [0.29, 0.717) is 31.8 Å². The molecule has 0 unspecified atom stereocenters. The third-order valence-corrected chi connectivity index (χ3v) is 2.40. The van der Waals surface area contributed by atoms with E-state index in [9.17, 15) is 8.78 Å². The molecule has 0 aromatic carbocycles. The molecule has 0 aliphatic rings. The fraction of sp³-hybridized carbons (Fsp3) is 0.727. The van der Waals surface area contributed by atoms with Crippen LogP contribution in [0.5, 0.6) is 0 Å². The highest BCUT2D eigenvalue weighted by Crippen LogP contribution is 2.23. The maximum absolute atomic E-state index is 12.9. The molecule has 0 fully saturated rings. The molecule has 0 radical (unpaired) electrons. The molecule has 17 heavy (non-hydrogen) atoms. The summed E-state index contributed by atoms with van der Waals surface area (Å²) in [4.78, 5) is 0. The molecule has 0 aliphatic heterocycles. The first kappa shape index (κ1) is 14.1. The fourth-order valence-corrected chi connectivity index (χ4v) is 1.61. The van der Waals surface area contributed by atoms with Crippen molar-refractivity contribution in [3.8, 4) is 0 Å².